The summed E-state index contributed by atoms with van der Waals surface area (Å²) >= 11 is 0. The number of hydrogen-bond donors (Lipinski definition) is 1. The molecule has 0 aliphatic carbocycles. The molecule has 0 fully saturated rings. The normalized spacial score (nSPS) is 11.7. The highest BCUT2D eigenvalue weighted by Gasteiger charge is 2.10. The topological polar surface area (TPSA) is 44.5 Å². The number of unbranched alkanes of at least 4 members (excludes halogenated alkanes) is 22. The zero-order valence-electron chi connectivity index (χ0n) is 25.0. The summed E-state index contributed by atoms with van der Waals surface area (Å²) in [6, 6.07) is 1.14. The third-order valence-corrected chi connectivity index (χ3v) is 8.54. The first-order chi connectivity index (χ1) is 17.8. The molecule has 4 heteroatoms. The third kappa shape index (κ3) is 30.3. The average Bonchev–Trinajstić information content (AvgIpc) is 2.89. The Bertz CT molecular complexity index is 353. The van der Waals surface area contributed by atoms with Gasteiger partial charge in [-0.3, -0.25) is 0 Å². The zero-order valence-corrected chi connectivity index (χ0v) is 26.0. The van der Waals surface area contributed by atoms with Gasteiger partial charge in [0.05, 0.1) is 0 Å². The first-order valence-corrected chi connectivity index (χ1v) is 17.8. The SMILES string of the molecule is CCCCCCCCCCCCCCOC(OCCCCCCCCCCCCCC)[Si]CCCN. The summed E-state index contributed by atoms with van der Waals surface area (Å²) in [6.07, 6.45) is 34.3. The Morgan fingerprint density at radius 1 is 0.444 bits per heavy atom. The smallest absolute Gasteiger partial charge is 0.137 e. The van der Waals surface area contributed by atoms with Crippen LogP contribution in [0.3, 0.4) is 0 Å². The van der Waals surface area contributed by atoms with Crippen LogP contribution in [0.15, 0.2) is 0 Å². The van der Waals surface area contributed by atoms with Crippen molar-refractivity contribution in [1.29, 1.82) is 0 Å². The molecule has 0 unspecified atom stereocenters. The van der Waals surface area contributed by atoms with Gasteiger partial charge >= 0.3 is 0 Å². The standard InChI is InChI=1S/C32H67NO2Si/c1-3-5-7-9-11-13-15-17-19-21-23-25-29-34-32(36-31-27-28-33)35-30-26-24-22-20-18-16-14-12-10-8-6-4-2/h32H,3-31,33H2,1-2H3. The number of ether oxygens (including phenoxy) is 2. The minimum Gasteiger partial charge on any atom is -0.357 e. The molecule has 0 atom stereocenters. The van der Waals surface area contributed by atoms with Crippen molar-refractivity contribution in [1.82, 2.24) is 0 Å². The molecule has 0 bridgehead atoms. The quantitative estimate of drug-likeness (QED) is 0.0539. The Hall–Kier alpha value is 0.0969. The van der Waals surface area contributed by atoms with Crippen LogP contribution in [0.5, 0.6) is 0 Å². The van der Waals surface area contributed by atoms with E-state index in [9.17, 15) is 0 Å². The second-order valence-corrected chi connectivity index (χ2v) is 12.3. The fourth-order valence-corrected chi connectivity index (χ4v) is 5.87. The van der Waals surface area contributed by atoms with Crippen LogP contribution < -0.4 is 5.73 Å². The third-order valence-electron chi connectivity index (χ3n) is 7.23. The van der Waals surface area contributed by atoms with E-state index in [1.54, 1.807) is 0 Å². The maximum Gasteiger partial charge on any atom is 0.137 e. The maximum atomic E-state index is 6.14. The van der Waals surface area contributed by atoms with Crippen LogP contribution >= 0.6 is 0 Å². The van der Waals surface area contributed by atoms with Crippen LogP contribution in [0.4, 0.5) is 0 Å². The molecule has 0 spiro atoms. The van der Waals surface area contributed by atoms with E-state index in [4.69, 9.17) is 15.2 Å². The second-order valence-electron chi connectivity index (χ2n) is 10.9. The Morgan fingerprint density at radius 2 is 0.750 bits per heavy atom. The van der Waals surface area contributed by atoms with Crippen molar-refractivity contribution < 1.29 is 9.47 Å². The predicted octanol–water partition coefficient (Wildman–Crippen LogP) is 10.2. The molecule has 0 aromatic rings. The summed E-state index contributed by atoms with van der Waals surface area (Å²) in [7, 11) is 0.728. The summed E-state index contributed by atoms with van der Waals surface area (Å²) in [5.41, 5.74) is 5.69. The molecule has 0 saturated carbocycles. The number of nitrogens with two attached hydrogens (primary N) is 1. The van der Waals surface area contributed by atoms with Crippen molar-refractivity contribution in [2.45, 2.75) is 186 Å². The number of rotatable bonds is 32. The monoisotopic (exact) mass is 525 g/mol. The predicted molar refractivity (Wildman–Crippen MR) is 162 cm³/mol. The molecule has 0 aromatic carbocycles. The van der Waals surface area contributed by atoms with Crippen molar-refractivity contribution in [2.24, 2.45) is 5.73 Å². The van der Waals surface area contributed by atoms with Gasteiger partial charge in [0.25, 0.3) is 0 Å². The Morgan fingerprint density at radius 3 is 1.06 bits per heavy atom. The molecule has 0 amide bonds. The molecule has 36 heavy (non-hydrogen) atoms. The van der Waals surface area contributed by atoms with E-state index in [-0.39, 0.29) is 5.91 Å². The van der Waals surface area contributed by atoms with Gasteiger partial charge in [-0.05, 0) is 25.8 Å². The molecule has 216 valence electrons. The first kappa shape index (κ1) is 36.1. The van der Waals surface area contributed by atoms with E-state index < -0.39 is 0 Å². The molecule has 0 heterocycles. The minimum absolute atomic E-state index is 0.0111. The second kappa shape index (κ2) is 33.1. The molecule has 3 nitrogen and oxygen atoms in total. The molecule has 0 rings (SSSR count). The van der Waals surface area contributed by atoms with Crippen LogP contribution in [-0.4, -0.2) is 35.2 Å². The highest BCUT2D eigenvalue weighted by atomic mass is 28.2. The van der Waals surface area contributed by atoms with Gasteiger partial charge in [0.2, 0.25) is 0 Å². The van der Waals surface area contributed by atoms with Crippen LogP contribution in [0, 0.1) is 0 Å². The summed E-state index contributed by atoms with van der Waals surface area (Å²) in [4.78, 5) is 0. The highest BCUT2D eigenvalue weighted by Crippen LogP contribution is 2.14. The van der Waals surface area contributed by atoms with Gasteiger partial charge in [-0.1, -0.05) is 161 Å². The molecular weight excluding hydrogens is 458 g/mol. The first-order valence-electron chi connectivity index (χ1n) is 16.5. The molecular formula is C32H67NO2Si. The fourth-order valence-electron chi connectivity index (χ4n) is 4.75. The Kier molecular flexibility index (Phi) is 33.2. The lowest BCUT2D eigenvalue weighted by atomic mass is 10.1. The lowest BCUT2D eigenvalue weighted by Crippen LogP contribution is -2.26. The minimum atomic E-state index is 0.0111. The maximum absolute atomic E-state index is 6.14. The van der Waals surface area contributed by atoms with Gasteiger partial charge in [0.15, 0.2) is 0 Å². The lowest BCUT2D eigenvalue weighted by Gasteiger charge is -2.18. The zero-order chi connectivity index (χ0) is 26.2. The van der Waals surface area contributed by atoms with Crippen molar-refractivity contribution >= 4 is 9.52 Å². The molecule has 0 saturated heterocycles. The summed E-state index contributed by atoms with van der Waals surface area (Å²) < 4.78 is 12.3. The largest absolute Gasteiger partial charge is 0.357 e. The average molecular weight is 526 g/mol. The van der Waals surface area contributed by atoms with Crippen LogP contribution in [0.25, 0.3) is 0 Å². The van der Waals surface area contributed by atoms with Gasteiger partial charge in [-0.15, -0.1) is 0 Å². The van der Waals surface area contributed by atoms with Crippen LogP contribution in [-0.2, 0) is 9.47 Å². The summed E-state index contributed by atoms with van der Waals surface area (Å²) in [5, 5.41) is 0. The summed E-state index contributed by atoms with van der Waals surface area (Å²) in [5.74, 6) is 0.0111. The Labute approximate surface area is 230 Å². The van der Waals surface area contributed by atoms with Crippen LogP contribution in [0.1, 0.15) is 174 Å². The molecule has 0 aliphatic rings. The van der Waals surface area contributed by atoms with Crippen molar-refractivity contribution in [3.05, 3.63) is 0 Å². The Balaban J connectivity index is 3.56. The van der Waals surface area contributed by atoms with Gasteiger partial charge in [-0.2, -0.15) is 0 Å². The van der Waals surface area contributed by atoms with E-state index in [0.29, 0.717) is 0 Å². The van der Waals surface area contributed by atoms with Gasteiger partial charge in [0.1, 0.15) is 15.4 Å². The molecule has 0 aromatic heterocycles. The van der Waals surface area contributed by atoms with Crippen molar-refractivity contribution in [3.63, 3.8) is 0 Å². The fraction of sp³-hybridized carbons (Fsp3) is 1.00. The van der Waals surface area contributed by atoms with E-state index in [1.807, 2.05) is 0 Å². The van der Waals surface area contributed by atoms with Gasteiger partial charge < -0.3 is 15.2 Å². The van der Waals surface area contributed by atoms with E-state index in [2.05, 4.69) is 13.8 Å². The summed E-state index contributed by atoms with van der Waals surface area (Å²) in [6.45, 7) is 7.07. The van der Waals surface area contributed by atoms with Crippen molar-refractivity contribution in [2.75, 3.05) is 19.8 Å². The van der Waals surface area contributed by atoms with E-state index in [1.165, 1.54) is 154 Å². The highest BCUT2D eigenvalue weighted by molar-refractivity contribution is 6.36. The molecule has 0 aliphatic heterocycles. The van der Waals surface area contributed by atoms with E-state index >= 15 is 0 Å². The van der Waals surface area contributed by atoms with Crippen molar-refractivity contribution in [3.8, 4) is 0 Å². The van der Waals surface area contributed by atoms with E-state index in [0.717, 1.165) is 41.7 Å². The number of hydrogen-bond acceptors (Lipinski definition) is 3. The van der Waals surface area contributed by atoms with Gasteiger partial charge in [-0.25, -0.2) is 0 Å². The molecule has 2 radical (unpaired) electrons. The molecule has 2 N–H and O–H groups in total. The van der Waals surface area contributed by atoms with Crippen LogP contribution in [0.2, 0.25) is 6.04 Å². The van der Waals surface area contributed by atoms with Gasteiger partial charge in [0, 0.05) is 13.2 Å². The lowest BCUT2D eigenvalue weighted by molar-refractivity contribution is -0.0925.